The molecule has 0 aliphatic carbocycles. The molecule has 0 bridgehead atoms. The number of thiophene rings is 1. The molecule has 2 aromatic carbocycles. The Morgan fingerprint density at radius 1 is 0.914 bits per heavy atom. The van der Waals surface area contributed by atoms with Crippen LogP contribution in [0.2, 0.25) is 0 Å². The molecule has 35 heavy (non-hydrogen) atoms. The number of rotatable bonds is 6. The van der Waals surface area contributed by atoms with E-state index in [2.05, 4.69) is 44.4 Å². The van der Waals surface area contributed by atoms with Gasteiger partial charge in [0.05, 0.1) is 10.4 Å². The maximum absolute atomic E-state index is 13.7. The smallest absolute Gasteiger partial charge is 0.243 e. The predicted molar refractivity (Wildman–Crippen MR) is 144 cm³/mol. The average Bonchev–Trinajstić information content (AvgIpc) is 3.57. The summed E-state index contributed by atoms with van der Waals surface area (Å²) in [7, 11) is -3.56. The molecule has 2 aliphatic rings. The van der Waals surface area contributed by atoms with Crippen LogP contribution >= 0.6 is 11.3 Å². The van der Waals surface area contributed by atoms with Gasteiger partial charge in [-0.25, -0.2) is 8.42 Å². The van der Waals surface area contributed by atoms with Crippen molar-refractivity contribution in [1.82, 2.24) is 14.2 Å². The standard InChI is InChI=1S/C27H30N4O2S2/c32-35(33,27-10-1-7-24-22(27)6-3-13-28-24)31-14-4-5-21(31)11-15-29-16-18-30(19-17-29)25-8-2-9-26-23(25)12-20-34-26/h1-3,6-10,12-13,20-21H,4-5,11,14-19H2/t21-/m1/s1. The Labute approximate surface area is 210 Å². The minimum Gasteiger partial charge on any atom is -0.368 e. The van der Waals surface area contributed by atoms with E-state index in [1.54, 1.807) is 40.0 Å². The summed E-state index contributed by atoms with van der Waals surface area (Å²) in [5.74, 6) is 0. The Morgan fingerprint density at radius 2 is 1.77 bits per heavy atom. The van der Waals surface area contributed by atoms with Crippen molar-refractivity contribution in [3.05, 3.63) is 66.2 Å². The van der Waals surface area contributed by atoms with Gasteiger partial charge < -0.3 is 4.90 Å². The second-order valence-electron chi connectivity index (χ2n) is 9.46. The number of hydrogen-bond acceptors (Lipinski definition) is 6. The molecule has 1 atom stereocenters. The number of sulfonamides is 1. The molecule has 0 radical (unpaired) electrons. The van der Waals surface area contributed by atoms with Crippen LogP contribution in [0.4, 0.5) is 5.69 Å². The average molecular weight is 507 g/mol. The van der Waals surface area contributed by atoms with E-state index in [4.69, 9.17) is 0 Å². The molecular formula is C27H30N4O2S2. The van der Waals surface area contributed by atoms with Crippen LogP contribution in [0, 0.1) is 0 Å². The number of aromatic nitrogens is 1. The Kier molecular flexibility index (Phi) is 6.22. The van der Waals surface area contributed by atoms with E-state index in [9.17, 15) is 8.42 Å². The van der Waals surface area contributed by atoms with E-state index in [-0.39, 0.29) is 6.04 Å². The molecule has 2 aliphatic heterocycles. The highest BCUT2D eigenvalue weighted by atomic mass is 32.2. The molecule has 2 saturated heterocycles. The summed E-state index contributed by atoms with van der Waals surface area (Å²) in [6, 6.07) is 17.9. The van der Waals surface area contributed by atoms with Gasteiger partial charge >= 0.3 is 0 Å². The third-order valence-electron chi connectivity index (χ3n) is 7.48. The number of piperazine rings is 1. The topological polar surface area (TPSA) is 56.8 Å². The zero-order chi connectivity index (χ0) is 23.8. The molecule has 4 heterocycles. The number of hydrogen-bond donors (Lipinski definition) is 0. The maximum Gasteiger partial charge on any atom is 0.243 e. The first kappa shape index (κ1) is 22.9. The summed E-state index contributed by atoms with van der Waals surface area (Å²) in [5, 5.41) is 4.22. The van der Waals surface area contributed by atoms with Crippen molar-refractivity contribution in [2.45, 2.75) is 30.2 Å². The SMILES string of the molecule is O=S(=O)(c1cccc2ncccc12)N1CCC[C@@H]1CCN1CCN(c2cccc3sccc23)CC1. The molecule has 6 rings (SSSR count). The van der Waals surface area contributed by atoms with Crippen LogP contribution < -0.4 is 4.90 Å². The van der Waals surface area contributed by atoms with Crippen LogP contribution in [0.15, 0.2) is 71.1 Å². The van der Waals surface area contributed by atoms with Gasteiger partial charge in [-0.2, -0.15) is 4.31 Å². The molecule has 4 aromatic rings. The van der Waals surface area contributed by atoms with Gasteiger partial charge in [-0.3, -0.25) is 9.88 Å². The van der Waals surface area contributed by atoms with Gasteiger partial charge in [0.1, 0.15) is 0 Å². The molecule has 0 spiro atoms. The fraction of sp³-hybridized carbons (Fsp3) is 0.370. The van der Waals surface area contributed by atoms with Crippen LogP contribution in [0.25, 0.3) is 21.0 Å². The fourth-order valence-corrected chi connectivity index (χ4v) is 8.37. The van der Waals surface area contributed by atoms with Crippen molar-refractivity contribution in [3.63, 3.8) is 0 Å². The summed E-state index contributed by atoms with van der Waals surface area (Å²) >= 11 is 1.79. The second kappa shape index (κ2) is 9.50. The number of pyridine rings is 1. The molecule has 8 heteroatoms. The summed E-state index contributed by atoms with van der Waals surface area (Å²) < 4.78 is 30.4. The van der Waals surface area contributed by atoms with Gasteiger partial charge in [0.15, 0.2) is 0 Å². The Balaban J connectivity index is 1.11. The monoisotopic (exact) mass is 506 g/mol. The predicted octanol–water partition coefficient (Wildman–Crippen LogP) is 4.81. The lowest BCUT2D eigenvalue weighted by molar-refractivity contribution is 0.232. The maximum atomic E-state index is 13.7. The molecule has 6 nitrogen and oxygen atoms in total. The van der Waals surface area contributed by atoms with Crippen molar-refractivity contribution in [1.29, 1.82) is 0 Å². The zero-order valence-corrected chi connectivity index (χ0v) is 21.3. The van der Waals surface area contributed by atoms with Gasteiger partial charge in [0.25, 0.3) is 0 Å². The number of anilines is 1. The van der Waals surface area contributed by atoms with Gasteiger partial charge in [0, 0.05) is 66.1 Å². The van der Waals surface area contributed by atoms with Gasteiger partial charge in [-0.15, -0.1) is 11.3 Å². The van der Waals surface area contributed by atoms with Gasteiger partial charge in [-0.05, 0) is 73.7 Å². The zero-order valence-electron chi connectivity index (χ0n) is 19.7. The molecular weight excluding hydrogens is 476 g/mol. The lowest BCUT2D eigenvalue weighted by Crippen LogP contribution is -2.47. The van der Waals surface area contributed by atoms with Crippen LogP contribution in [-0.2, 0) is 10.0 Å². The van der Waals surface area contributed by atoms with Crippen LogP contribution in [0.5, 0.6) is 0 Å². The van der Waals surface area contributed by atoms with E-state index in [0.29, 0.717) is 16.8 Å². The van der Waals surface area contributed by atoms with Crippen LogP contribution in [0.1, 0.15) is 19.3 Å². The molecule has 0 amide bonds. The first-order valence-corrected chi connectivity index (χ1v) is 14.7. The van der Waals surface area contributed by atoms with E-state index in [1.807, 2.05) is 12.1 Å². The molecule has 182 valence electrons. The molecule has 2 fully saturated rings. The minimum atomic E-state index is -3.56. The normalized spacial score (nSPS) is 20.2. The summed E-state index contributed by atoms with van der Waals surface area (Å²) in [4.78, 5) is 9.72. The van der Waals surface area contributed by atoms with Gasteiger partial charge in [-0.1, -0.05) is 12.1 Å². The second-order valence-corrected chi connectivity index (χ2v) is 12.3. The Bertz CT molecular complexity index is 1440. The van der Waals surface area contributed by atoms with E-state index >= 15 is 0 Å². The highest BCUT2D eigenvalue weighted by Gasteiger charge is 2.36. The Morgan fingerprint density at radius 3 is 2.66 bits per heavy atom. The van der Waals surface area contributed by atoms with Crippen molar-refractivity contribution in [2.75, 3.05) is 44.2 Å². The lowest BCUT2D eigenvalue weighted by Gasteiger charge is -2.37. The van der Waals surface area contributed by atoms with E-state index in [0.717, 1.165) is 57.5 Å². The first-order valence-electron chi connectivity index (χ1n) is 12.4. The summed E-state index contributed by atoms with van der Waals surface area (Å²) in [6.07, 6.45) is 4.44. The van der Waals surface area contributed by atoms with Crippen molar-refractivity contribution >= 4 is 48.0 Å². The number of nitrogens with zero attached hydrogens (tertiary/aromatic N) is 4. The van der Waals surface area contributed by atoms with Crippen molar-refractivity contribution in [3.8, 4) is 0 Å². The number of benzene rings is 2. The fourth-order valence-electron chi connectivity index (χ4n) is 5.64. The minimum absolute atomic E-state index is 0.0597. The quantitative estimate of drug-likeness (QED) is 0.376. The van der Waals surface area contributed by atoms with Crippen LogP contribution in [0.3, 0.4) is 0 Å². The Hall–Kier alpha value is -2.52. The molecule has 0 saturated carbocycles. The molecule has 0 N–H and O–H groups in total. The summed E-state index contributed by atoms with van der Waals surface area (Å²) in [5.41, 5.74) is 2.06. The molecule has 2 aromatic heterocycles. The molecule has 0 unspecified atom stereocenters. The van der Waals surface area contributed by atoms with Gasteiger partial charge in [0.2, 0.25) is 10.0 Å². The third kappa shape index (κ3) is 4.33. The first-order chi connectivity index (χ1) is 17.1. The number of fused-ring (bicyclic) bond motifs is 2. The van der Waals surface area contributed by atoms with Crippen molar-refractivity contribution in [2.24, 2.45) is 0 Å². The highest BCUT2D eigenvalue weighted by molar-refractivity contribution is 7.89. The largest absolute Gasteiger partial charge is 0.368 e. The van der Waals surface area contributed by atoms with Crippen LogP contribution in [-0.4, -0.2) is 67.9 Å². The van der Waals surface area contributed by atoms with Crippen molar-refractivity contribution < 1.29 is 8.42 Å². The lowest BCUT2D eigenvalue weighted by atomic mass is 10.1. The summed E-state index contributed by atoms with van der Waals surface area (Å²) in [6.45, 7) is 5.56. The van der Waals surface area contributed by atoms with E-state index < -0.39 is 10.0 Å². The third-order valence-corrected chi connectivity index (χ3v) is 10.4. The van der Waals surface area contributed by atoms with E-state index in [1.165, 1.54) is 15.8 Å². The highest BCUT2D eigenvalue weighted by Crippen LogP contribution is 2.33.